The van der Waals surface area contributed by atoms with Gasteiger partial charge < -0.3 is 5.32 Å². The molecule has 1 aromatic rings. The number of aromatic nitrogens is 2. The zero-order chi connectivity index (χ0) is 8.27. The molecular formula is C5H7N3OS2. The molecule has 0 aliphatic heterocycles. The van der Waals surface area contributed by atoms with Gasteiger partial charge in [0.25, 0.3) is 0 Å². The fourth-order valence-electron chi connectivity index (χ4n) is 0.494. The van der Waals surface area contributed by atoms with Crippen molar-refractivity contribution in [1.29, 1.82) is 0 Å². The van der Waals surface area contributed by atoms with Gasteiger partial charge in [0.2, 0.25) is 16.2 Å². The average Bonchev–Trinajstić information content (AvgIpc) is 2.34. The SMILES string of the molecule is CSc1nsc(NC(C)=O)n1. The highest BCUT2D eigenvalue weighted by molar-refractivity contribution is 7.98. The van der Waals surface area contributed by atoms with E-state index in [9.17, 15) is 4.79 Å². The lowest BCUT2D eigenvalue weighted by atomic mass is 10.7. The van der Waals surface area contributed by atoms with Crippen LogP contribution < -0.4 is 5.32 Å². The van der Waals surface area contributed by atoms with Gasteiger partial charge in [0.05, 0.1) is 0 Å². The first-order chi connectivity index (χ1) is 5.22. The molecule has 0 aromatic carbocycles. The standard InChI is InChI=1S/C5H7N3OS2/c1-3(9)6-4-7-5(10-2)8-11-4/h1-2H3,(H,6,7,8,9). The van der Waals surface area contributed by atoms with Crippen molar-refractivity contribution in [3.8, 4) is 0 Å². The molecular weight excluding hydrogens is 182 g/mol. The van der Waals surface area contributed by atoms with Gasteiger partial charge in [-0.1, -0.05) is 11.8 Å². The summed E-state index contributed by atoms with van der Waals surface area (Å²) >= 11 is 2.64. The van der Waals surface area contributed by atoms with Crippen molar-refractivity contribution < 1.29 is 4.79 Å². The predicted molar refractivity (Wildman–Crippen MR) is 46.0 cm³/mol. The number of nitrogens with zero attached hydrogens (tertiary/aromatic N) is 2. The maximum Gasteiger partial charge on any atom is 0.223 e. The Labute approximate surface area is 72.6 Å². The van der Waals surface area contributed by atoms with Crippen LogP contribution in [0.3, 0.4) is 0 Å². The lowest BCUT2D eigenvalue weighted by molar-refractivity contribution is -0.114. The molecule has 1 heterocycles. The molecule has 1 aromatic heterocycles. The van der Waals surface area contributed by atoms with Crippen molar-refractivity contribution >= 4 is 34.3 Å². The number of rotatable bonds is 2. The van der Waals surface area contributed by atoms with Gasteiger partial charge in [-0.3, -0.25) is 4.79 Å². The van der Waals surface area contributed by atoms with E-state index < -0.39 is 0 Å². The summed E-state index contributed by atoms with van der Waals surface area (Å²) in [5.74, 6) is -0.117. The smallest absolute Gasteiger partial charge is 0.223 e. The predicted octanol–water partition coefficient (Wildman–Crippen LogP) is 1.22. The Balaban J connectivity index is 2.65. The molecule has 1 amide bonds. The van der Waals surface area contributed by atoms with E-state index in [1.165, 1.54) is 30.2 Å². The number of thioether (sulfide) groups is 1. The van der Waals surface area contributed by atoms with E-state index in [2.05, 4.69) is 14.7 Å². The van der Waals surface area contributed by atoms with Gasteiger partial charge in [-0.05, 0) is 6.26 Å². The van der Waals surface area contributed by atoms with Gasteiger partial charge in [-0.25, -0.2) is 0 Å². The highest BCUT2D eigenvalue weighted by atomic mass is 32.2. The number of anilines is 1. The second kappa shape index (κ2) is 3.68. The van der Waals surface area contributed by atoms with E-state index in [-0.39, 0.29) is 5.91 Å². The van der Waals surface area contributed by atoms with Crippen molar-refractivity contribution in [2.75, 3.05) is 11.6 Å². The fourth-order valence-corrected chi connectivity index (χ4v) is 1.67. The first-order valence-corrected chi connectivity index (χ1v) is 4.87. The highest BCUT2D eigenvalue weighted by Gasteiger charge is 2.02. The summed E-state index contributed by atoms with van der Waals surface area (Å²) < 4.78 is 3.97. The van der Waals surface area contributed by atoms with Gasteiger partial charge in [-0.2, -0.15) is 9.36 Å². The minimum absolute atomic E-state index is 0.117. The molecule has 0 saturated carbocycles. The number of hydrogen-bond acceptors (Lipinski definition) is 5. The van der Waals surface area contributed by atoms with Crippen LogP contribution in [0.4, 0.5) is 5.13 Å². The first kappa shape index (κ1) is 8.48. The van der Waals surface area contributed by atoms with Crippen LogP contribution in [-0.4, -0.2) is 21.5 Å². The van der Waals surface area contributed by atoms with Crippen LogP contribution in [0.1, 0.15) is 6.92 Å². The Morgan fingerprint density at radius 2 is 2.45 bits per heavy atom. The summed E-state index contributed by atoms with van der Waals surface area (Å²) in [6.45, 7) is 1.44. The number of nitrogens with one attached hydrogen (secondary N) is 1. The van der Waals surface area contributed by atoms with Crippen molar-refractivity contribution in [2.45, 2.75) is 12.1 Å². The number of carbonyl (C=O) groups is 1. The van der Waals surface area contributed by atoms with Gasteiger partial charge in [0.15, 0.2) is 0 Å². The topological polar surface area (TPSA) is 54.9 Å². The molecule has 0 radical (unpaired) electrons. The summed E-state index contributed by atoms with van der Waals surface area (Å²) in [6.07, 6.45) is 1.89. The monoisotopic (exact) mass is 189 g/mol. The van der Waals surface area contributed by atoms with Gasteiger partial charge >= 0.3 is 0 Å². The lowest BCUT2D eigenvalue weighted by Crippen LogP contribution is -2.04. The quantitative estimate of drug-likeness (QED) is 0.711. The molecule has 11 heavy (non-hydrogen) atoms. The maximum atomic E-state index is 10.5. The van der Waals surface area contributed by atoms with E-state index >= 15 is 0 Å². The Kier molecular flexibility index (Phi) is 2.84. The van der Waals surface area contributed by atoms with Crippen molar-refractivity contribution in [2.24, 2.45) is 0 Å². The van der Waals surface area contributed by atoms with Gasteiger partial charge in [0, 0.05) is 18.5 Å². The molecule has 4 nitrogen and oxygen atoms in total. The highest BCUT2D eigenvalue weighted by Crippen LogP contribution is 2.16. The van der Waals surface area contributed by atoms with E-state index in [0.29, 0.717) is 10.3 Å². The van der Waals surface area contributed by atoms with Gasteiger partial charge in [0.1, 0.15) is 0 Å². The lowest BCUT2D eigenvalue weighted by Gasteiger charge is -1.90. The molecule has 1 N–H and O–H groups in total. The second-order valence-corrected chi connectivity index (χ2v) is 3.29. The van der Waals surface area contributed by atoms with E-state index in [1.807, 2.05) is 6.26 Å². The molecule has 0 fully saturated rings. The van der Waals surface area contributed by atoms with Crippen LogP contribution >= 0.6 is 23.3 Å². The molecule has 0 saturated heterocycles. The van der Waals surface area contributed by atoms with E-state index in [1.54, 1.807) is 0 Å². The van der Waals surface area contributed by atoms with Crippen LogP contribution in [0.15, 0.2) is 5.16 Å². The zero-order valence-corrected chi connectivity index (χ0v) is 7.75. The minimum atomic E-state index is -0.117. The molecule has 0 unspecified atom stereocenters. The molecule has 0 aliphatic carbocycles. The Morgan fingerprint density at radius 3 is 2.91 bits per heavy atom. The number of carbonyl (C=O) groups excluding carboxylic acids is 1. The zero-order valence-electron chi connectivity index (χ0n) is 6.12. The van der Waals surface area contributed by atoms with Crippen molar-refractivity contribution in [3.63, 3.8) is 0 Å². The first-order valence-electron chi connectivity index (χ1n) is 2.87. The maximum absolute atomic E-state index is 10.5. The summed E-state index contributed by atoms with van der Waals surface area (Å²) in [7, 11) is 0. The average molecular weight is 189 g/mol. The molecule has 60 valence electrons. The van der Waals surface area contributed by atoms with Crippen LogP contribution in [0.5, 0.6) is 0 Å². The van der Waals surface area contributed by atoms with Crippen LogP contribution in [0.25, 0.3) is 0 Å². The molecule has 0 atom stereocenters. The van der Waals surface area contributed by atoms with Crippen LogP contribution in [0, 0.1) is 0 Å². The normalized spacial score (nSPS) is 9.64. The minimum Gasteiger partial charge on any atom is -0.301 e. The third-order valence-electron chi connectivity index (χ3n) is 0.873. The van der Waals surface area contributed by atoms with Crippen LogP contribution in [-0.2, 0) is 4.79 Å². The van der Waals surface area contributed by atoms with Crippen molar-refractivity contribution in [3.05, 3.63) is 0 Å². The molecule has 0 bridgehead atoms. The molecule has 0 spiro atoms. The summed E-state index contributed by atoms with van der Waals surface area (Å²) in [5.41, 5.74) is 0. The third-order valence-corrected chi connectivity index (χ3v) is 2.17. The van der Waals surface area contributed by atoms with Crippen LogP contribution in [0.2, 0.25) is 0 Å². The summed E-state index contributed by atoms with van der Waals surface area (Å²) in [5, 5.41) is 3.80. The number of amides is 1. The third kappa shape index (κ3) is 2.47. The van der Waals surface area contributed by atoms with Gasteiger partial charge in [-0.15, -0.1) is 0 Å². The molecule has 0 aliphatic rings. The van der Waals surface area contributed by atoms with E-state index in [0.717, 1.165) is 0 Å². The largest absolute Gasteiger partial charge is 0.301 e. The fraction of sp³-hybridized carbons (Fsp3) is 0.400. The Hall–Kier alpha value is -0.620. The molecule has 6 heteroatoms. The Bertz CT molecular complexity index is 260. The van der Waals surface area contributed by atoms with E-state index in [4.69, 9.17) is 0 Å². The second-order valence-electron chi connectivity index (χ2n) is 1.77. The number of hydrogen-bond donors (Lipinski definition) is 1. The van der Waals surface area contributed by atoms with Crippen molar-refractivity contribution in [1.82, 2.24) is 9.36 Å². The summed E-state index contributed by atoms with van der Waals surface area (Å²) in [6, 6.07) is 0. The summed E-state index contributed by atoms with van der Waals surface area (Å²) in [4.78, 5) is 14.5. The Morgan fingerprint density at radius 1 is 1.73 bits per heavy atom. The molecule has 1 rings (SSSR count).